The second-order valence-corrected chi connectivity index (χ2v) is 10.9. The van der Waals surface area contributed by atoms with Crippen LogP contribution >= 0.6 is 0 Å². The highest BCUT2D eigenvalue weighted by Gasteiger charge is 2.36. The molecule has 2 aliphatic rings. The van der Waals surface area contributed by atoms with Crippen molar-refractivity contribution in [3.63, 3.8) is 0 Å². The van der Waals surface area contributed by atoms with Crippen LogP contribution in [0.1, 0.15) is 33.6 Å². The number of likely N-dealkylation sites (tertiary alicyclic amines) is 1. The quantitative estimate of drug-likeness (QED) is 0.698. The Morgan fingerprint density at radius 3 is 2.19 bits per heavy atom. The van der Waals surface area contributed by atoms with Gasteiger partial charge in [-0.2, -0.15) is 4.31 Å². The maximum atomic E-state index is 13.1. The second-order valence-electron chi connectivity index (χ2n) is 8.95. The lowest BCUT2D eigenvalue weighted by molar-refractivity contribution is -0.138. The first kappa shape index (κ1) is 23.5. The standard InChI is InChI=1S/C21H30FN3O5S/c1-21(2,3)30-20(27)24-10-4-5-16(15-24)19(26)23-11-13-25(14-12-23)31(28,29)18-8-6-17(22)7-9-18/h6-9,16H,4-5,10-15H2,1-3H3/t16-/m0/s1. The Morgan fingerprint density at radius 1 is 1.00 bits per heavy atom. The van der Waals surface area contributed by atoms with Gasteiger partial charge < -0.3 is 14.5 Å². The predicted octanol–water partition coefficient (Wildman–Crippen LogP) is 2.31. The van der Waals surface area contributed by atoms with Gasteiger partial charge in [0.15, 0.2) is 0 Å². The molecule has 0 bridgehead atoms. The van der Waals surface area contributed by atoms with Gasteiger partial charge in [-0.25, -0.2) is 17.6 Å². The molecule has 8 nitrogen and oxygen atoms in total. The Labute approximate surface area is 183 Å². The molecule has 2 heterocycles. The summed E-state index contributed by atoms with van der Waals surface area (Å²) in [4.78, 5) is 28.6. The van der Waals surface area contributed by atoms with E-state index in [2.05, 4.69) is 0 Å². The van der Waals surface area contributed by atoms with E-state index < -0.39 is 27.5 Å². The second kappa shape index (κ2) is 9.12. The molecule has 1 aromatic rings. The van der Waals surface area contributed by atoms with Crippen molar-refractivity contribution in [2.24, 2.45) is 5.92 Å². The molecule has 172 valence electrons. The van der Waals surface area contributed by atoms with Gasteiger partial charge in [-0.15, -0.1) is 0 Å². The molecular weight excluding hydrogens is 425 g/mol. The monoisotopic (exact) mass is 455 g/mol. The van der Waals surface area contributed by atoms with E-state index >= 15 is 0 Å². The first-order chi connectivity index (χ1) is 14.5. The fourth-order valence-electron chi connectivity index (χ4n) is 3.83. The number of carbonyl (C=O) groups excluding carboxylic acids is 2. The van der Waals surface area contributed by atoms with Crippen LogP contribution in [0, 0.1) is 11.7 Å². The molecule has 0 N–H and O–H groups in total. The Kier molecular flexibility index (Phi) is 6.90. The Balaban J connectivity index is 1.57. The van der Waals surface area contributed by atoms with Crippen LogP contribution in [-0.2, 0) is 19.6 Å². The molecule has 0 aliphatic carbocycles. The number of ether oxygens (including phenoxy) is 1. The van der Waals surface area contributed by atoms with Crippen molar-refractivity contribution >= 4 is 22.0 Å². The zero-order chi connectivity index (χ0) is 22.8. The molecule has 10 heteroatoms. The summed E-state index contributed by atoms with van der Waals surface area (Å²) in [5.74, 6) is -0.879. The normalized spacial score (nSPS) is 21.1. The molecule has 2 amide bonds. The van der Waals surface area contributed by atoms with Crippen molar-refractivity contribution < 1.29 is 27.1 Å². The van der Waals surface area contributed by atoms with E-state index in [1.165, 1.54) is 16.4 Å². The van der Waals surface area contributed by atoms with Crippen LogP contribution in [0.4, 0.5) is 9.18 Å². The lowest BCUT2D eigenvalue weighted by atomic mass is 9.96. The number of sulfonamides is 1. The van der Waals surface area contributed by atoms with Gasteiger partial charge in [-0.1, -0.05) is 0 Å². The van der Waals surface area contributed by atoms with Gasteiger partial charge in [-0.05, 0) is 57.9 Å². The lowest BCUT2D eigenvalue weighted by Crippen LogP contribution is -2.54. The van der Waals surface area contributed by atoms with E-state index in [0.29, 0.717) is 25.9 Å². The van der Waals surface area contributed by atoms with Crippen molar-refractivity contribution in [2.75, 3.05) is 39.3 Å². The van der Waals surface area contributed by atoms with E-state index in [-0.39, 0.29) is 42.9 Å². The van der Waals surface area contributed by atoms with Crippen molar-refractivity contribution in [3.05, 3.63) is 30.1 Å². The number of piperazine rings is 1. The number of piperidine rings is 1. The Hall–Kier alpha value is -2.20. The van der Waals surface area contributed by atoms with Gasteiger partial charge in [0.2, 0.25) is 15.9 Å². The minimum atomic E-state index is -3.73. The molecule has 0 saturated carbocycles. The van der Waals surface area contributed by atoms with Gasteiger partial charge in [0.25, 0.3) is 0 Å². The molecule has 1 aromatic carbocycles. The molecule has 0 spiro atoms. The number of halogens is 1. The summed E-state index contributed by atoms with van der Waals surface area (Å²) in [5, 5.41) is 0. The predicted molar refractivity (Wildman–Crippen MR) is 112 cm³/mol. The van der Waals surface area contributed by atoms with Gasteiger partial charge in [-0.3, -0.25) is 4.79 Å². The average Bonchev–Trinajstić information content (AvgIpc) is 2.72. The topological polar surface area (TPSA) is 87.2 Å². The smallest absolute Gasteiger partial charge is 0.410 e. The van der Waals surface area contributed by atoms with Crippen molar-refractivity contribution in [1.82, 2.24) is 14.1 Å². The lowest BCUT2D eigenvalue weighted by Gasteiger charge is -2.38. The molecule has 0 radical (unpaired) electrons. The van der Waals surface area contributed by atoms with Crippen LogP contribution in [-0.4, -0.2) is 79.4 Å². The van der Waals surface area contributed by atoms with E-state index in [9.17, 15) is 22.4 Å². The molecular formula is C21H30FN3O5S. The number of rotatable bonds is 3. The summed E-state index contributed by atoms with van der Waals surface area (Å²) in [7, 11) is -3.73. The third kappa shape index (κ3) is 5.74. The first-order valence-electron chi connectivity index (χ1n) is 10.5. The van der Waals surface area contributed by atoms with Gasteiger partial charge in [0, 0.05) is 39.3 Å². The van der Waals surface area contributed by atoms with E-state index in [4.69, 9.17) is 4.74 Å². The van der Waals surface area contributed by atoms with Crippen molar-refractivity contribution in [1.29, 1.82) is 0 Å². The van der Waals surface area contributed by atoms with Crippen LogP contribution in [0.15, 0.2) is 29.2 Å². The summed E-state index contributed by atoms with van der Waals surface area (Å²) in [6.45, 7) is 7.18. The molecule has 2 fully saturated rings. The third-order valence-corrected chi connectivity index (χ3v) is 7.34. The minimum Gasteiger partial charge on any atom is -0.444 e. The maximum Gasteiger partial charge on any atom is 0.410 e. The van der Waals surface area contributed by atoms with Crippen LogP contribution < -0.4 is 0 Å². The summed E-state index contributed by atoms with van der Waals surface area (Å²) < 4.78 is 45.3. The number of carbonyl (C=O) groups is 2. The molecule has 2 saturated heterocycles. The Bertz CT molecular complexity index is 906. The highest BCUT2D eigenvalue weighted by molar-refractivity contribution is 7.89. The van der Waals surface area contributed by atoms with E-state index in [1.807, 2.05) is 0 Å². The number of hydrogen-bond acceptors (Lipinski definition) is 5. The van der Waals surface area contributed by atoms with Crippen LogP contribution in [0.25, 0.3) is 0 Å². The summed E-state index contributed by atoms with van der Waals surface area (Å²) >= 11 is 0. The molecule has 3 rings (SSSR count). The number of amides is 2. The number of benzene rings is 1. The van der Waals surface area contributed by atoms with Crippen LogP contribution in [0.2, 0.25) is 0 Å². The van der Waals surface area contributed by atoms with Crippen molar-refractivity contribution in [3.8, 4) is 0 Å². The highest BCUT2D eigenvalue weighted by atomic mass is 32.2. The number of nitrogens with zero attached hydrogens (tertiary/aromatic N) is 3. The first-order valence-corrected chi connectivity index (χ1v) is 11.9. The highest BCUT2D eigenvalue weighted by Crippen LogP contribution is 2.23. The zero-order valence-corrected chi connectivity index (χ0v) is 19.0. The fourth-order valence-corrected chi connectivity index (χ4v) is 5.26. The van der Waals surface area contributed by atoms with E-state index in [1.54, 1.807) is 30.6 Å². The number of hydrogen-bond donors (Lipinski definition) is 0. The molecule has 0 aromatic heterocycles. The summed E-state index contributed by atoms with van der Waals surface area (Å²) in [6.07, 6.45) is 0.987. The van der Waals surface area contributed by atoms with Crippen LogP contribution in [0.3, 0.4) is 0 Å². The van der Waals surface area contributed by atoms with Gasteiger partial charge in [0.1, 0.15) is 11.4 Å². The van der Waals surface area contributed by atoms with Gasteiger partial charge >= 0.3 is 6.09 Å². The van der Waals surface area contributed by atoms with Crippen LogP contribution in [0.5, 0.6) is 0 Å². The maximum absolute atomic E-state index is 13.1. The Morgan fingerprint density at radius 2 is 1.61 bits per heavy atom. The molecule has 0 unspecified atom stereocenters. The average molecular weight is 456 g/mol. The van der Waals surface area contributed by atoms with Gasteiger partial charge in [0.05, 0.1) is 10.8 Å². The SMILES string of the molecule is CC(C)(C)OC(=O)N1CCC[C@H](C(=O)N2CCN(S(=O)(=O)c3ccc(F)cc3)CC2)C1. The zero-order valence-electron chi connectivity index (χ0n) is 18.2. The minimum absolute atomic E-state index is 0.0361. The summed E-state index contributed by atoms with van der Waals surface area (Å²) in [6, 6.07) is 4.73. The molecule has 1 atom stereocenters. The summed E-state index contributed by atoms with van der Waals surface area (Å²) in [5.41, 5.74) is -0.597. The van der Waals surface area contributed by atoms with E-state index in [0.717, 1.165) is 12.1 Å². The largest absolute Gasteiger partial charge is 0.444 e. The molecule has 31 heavy (non-hydrogen) atoms. The third-order valence-electron chi connectivity index (χ3n) is 5.42. The van der Waals surface area contributed by atoms with Crippen molar-refractivity contribution in [2.45, 2.75) is 44.1 Å². The fraction of sp³-hybridized carbons (Fsp3) is 0.619. The molecule has 2 aliphatic heterocycles.